The van der Waals surface area contributed by atoms with Gasteiger partial charge in [0.25, 0.3) is 0 Å². The van der Waals surface area contributed by atoms with Crippen LogP contribution in [0.1, 0.15) is 35.0 Å². The zero-order chi connectivity index (χ0) is 23.5. The summed E-state index contributed by atoms with van der Waals surface area (Å²) in [5, 5.41) is 0. The zero-order valence-corrected chi connectivity index (χ0v) is 18.1. The average Bonchev–Trinajstić information content (AvgIpc) is 2.73. The van der Waals surface area contributed by atoms with Crippen molar-refractivity contribution in [3.05, 3.63) is 47.0 Å². The van der Waals surface area contributed by atoms with E-state index in [1.807, 2.05) is 0 Å². The number of halogens is 1. The lowest BCUT2D eigenvalue weighted by atomic mass is 9.85. The molecule has 3 rings (SSSR count). The fourth-order valence-corrected chi connectivity index (χ4v) is 3.33. The van der Waals surface area contributed by atoms with Crippen molar-refractivity contribution < 1.29 is 23.5 Å². The van der Waals surface area contributed by atoms with Crippen LogP contribution in [-0.4, -0.2) is 59.9 Å². The van der Waals surface area contributed by atoms with Crippen LogP contribution in [-0.2, 0) is 21.5 Å². The van der Waals surface area contributed by atoms with Crippen LogP contribution in [0.5, 0.6) is 5.88 Å². The third-order valence-electron chi connectivity index (χ3n) is 5.13. The summed E-state index contributed by atoms with van der Waals surface area (Å²) < 4.78 is 24.9. The third-order valence-corrected chi connectivity index (χ3v) is 5.13. The number of nitrogens with zero attached hydrogens (tertiary/aromatic N) is 4. The van der Waals surface area contributed by atoms with Crippen LogP contribution in [0.4, 0.5) is 10.2 Å². The normalized spacial score (nSPS) is 18.4. The lowest BCUT2D eigenvalue weighted by Crippen LogP contribution is -2.47. The lowest BCUT2D eigenvalue weighted by molar-refractivity contribution is -0.128. The maximum absolute atomic E-state index is 14.7. The molecule has 1 aromatic carbocycles. The maximum Gasteiger partial charge on any atom is 0.234 e. The van der Waals surface area contributed by atoms with Gasteiger partial charge in [-0.1, -0.05) is 6.07 Å². The van der Waals surface area contributed by atoms with E-state index >= 15 is 0 Å². The number of nitrogen functional groups attached to an aromatic ring is 1. The van der Waals surface area contributed by atoms with Crippen molar-refractivity contribution in [3.63, 3.8) is 0 Å². The van der Waals surface area contributed by atoms with Gasteiger partial charge in [0.2, 0.25) is 11.8 Å². The molecule has 32 heavy (non-hydrogen) atoms. The van der Waals surface area contributed by atoms with E-state index in [0.717, 1.165) is 0 Å². The van der Waals surface area contributed by atoms with Crippen LogP contribution in [0.2, 0.25) is 0 Å². The van der Waals surface area contributed by atoms with Crippen LogP contribution >= 0.6 is 0 Å². The lowest BCUT2D eigenvalue weighted by Gasteiger charge is -2.34. The number of ether oxygens (including phenoxy) is 2. The van der Waals surface area contributed by atoms with E-state index in [9.17, 15) is 14.0 Å². The number of carbonyl (C=O) groups is 2. The SMILES string of the molecule is COCCOc1cnc(C(=O)Cc2ccc(F)c(C3(C)CC(=O)N(C)C(N)=N3)c2)c(N)n1. The summed E-state index contributed by atoms with van der Waals surface area (Å²) in [7, 11) is 3.05. The van der Waals surface area contributed by atoms with Crippen LogP contribution in [0.25, 0.3) is 0 Å². The molecule has 11 heteroatoms. The number of aliphatic imine (C=N–C) groups is 1. The van der Waals surface area contributed by atoms with Crippen molar-refractivity contribution in [1.29, 1.82) is 0 Å². The average molecular weight is 444 g/mol. The number of benzene rings is 1. The molecule has 1 aliphatic heterocycles. The number of nitrogens with two attached hydrogens (primary N) is 2. The topological polar surface area (TPSA) is 146 Å². The van der Waals surface area contributed by atoms with E-state index in [-0.39, 0.29) is 54.3 Å². The minimum absolute atomic E-state index is 0.000449. The van der Waals surface area contributed by atoms with Gasteiger partial charge in [-0.05, 0) is 24.6 Å². The molecule has 0 bridgehead atoms. The molecule has 1 aliphatic rings. The number of anilines is 1. The Kier molecular flexibility index (Phi) is 6.68. The second kappa shape index (κ2) is 9.27. The summed E-state index contributed by atoms with van der Waals surface area (Å²) in [5.74, 6) is -1.12. The van der Waals surface area contributed by atoms with Gasteiger partial charge in [-0.15, -0.1) is 0 Å². The minimum Gasteiger partial charge on any atom is -0.474 e. The van der Waals surface area contributed by atoms with Gasteiger partial charge in [0.05, 0.1) is 24.8 Å². The molecular formula is C21H25FN6O4. The first-order chi connectivity index (χ1) is 15.1. The van der Waals surface area contributed by atoms with Crippen molar-refractivity contribution in [2.75, 3.05) is 33.1 Å². The molecule has 0 saturated carbocycles. The predicted octanol–water partition coefficient (Wildman–Crippen LogP) is 1.04. The molecule has 0 fully saturated rings. The molecule has 1 unspecified atom stereocenters. The molecule has 1 atom stereocenters. The maximum atomic E-state index is 14.7. The Morgan fingerprint density at radius 3 is 2.72 bits per heavy atom. The highest BCUT2D eigenvalue weighted by Gasteiger charge is 2.38. The first-order valence-corrected chi connectivity index (χ1v) is 9.83. The Morgan fingerprint density at radius 1 is 1.31 bits per heavy atom. The molecule has 2 aromatic rings. The van der Waals surface area contributed by atoms with Gasteiger partial charge < -0.3 is 20.9 Å². The summed E-state index contributed by atoms with van der Waals surface area (Å²) in [6.07, 6.45) is 1.15. The van der Waals surface area contributed by atoms with E-state index in [2.05, 4.69) is 15.0 Å². The van der Waals surface area contributed by atoms with Crippen molar-refractivity contribution in [2.24, 2.45) is 10.7 Å². The van der Waals surface area contributed by atoms with Gasteiger partial charge in [-0.3, -0.25) is 14.5 Å². The molecule has 2 heterocycles. The second-order valence-electron chi connectivity index (χ2n) is 7.57. The number of ketones is 1. The summed E-state index contributed by atoms with van der Waals surface area (Å²) in [5.41, 5.74) is 11.2. The number of hydrogen-bond donors (Lipinski definition) is 2. The molecule has 1 amide bonds. The number of carbonyl (C=O) groups excluding carboxylic acids is 2. The molecule has 0 aliphatic carbocycles. The van der Waals surface area contributed by atoms with Gasteiger partial charge in [0, 0.05) is 26.1 Å². The van der Waals surface area contributed by atoms with Gasteiger partial charge in [-0.25, -0.2) is 14.4 Å². The highest BCUT2D eigenvalue weighted by atomic mass is 19.1. The Hall–Kier alpha value is -3.60. The zero-order valence-electron chi connectivity index (χ0n) is 18.1. The highest BCUT2D eigenvalue weighted by Crippen LogP contribution is 2.35. The molecule has 0 spiro atoms. The van der Waals surface area contributed by atoms with Crippen LogP contribution in [0.3, 0.4) is 0 Å². The predicted molar refractivity (Wildman–Crippen MR) is 115 cm³/mol. The molecule has 4 N–H and O–H groups in total. The fourth-order valence-electron chi connectivity index (χ4n) is 3.33. The van der Waals surface area contributed by atoms with E-state index in [4.69, 9.17) is 20.9 Å². The van der Waals surface area contributed by atoms with Crippen molar-refractivity contribution in [1.82, 2.24) is 14.9 Å². The Bertz CT molecular complexity index is 1080. The summed E-state index contributed by atoms with van der Waals surface area (Å²) in [6.45, 7) is 2.26. The number of Topliss-reactive ketones (excluding diaryl/α,β-unsaturated/α-hetero) is 1. The molecule has 0 radical (unpaired) electrons. The standard InChI is InChI=1S/C21H25FN6O4/c1-21(10-17(30)28(2)20(24)27-21)13-8-12(4-5-14(13)22)9-15(29)18-19(23)26-16(11-25-18)32-7-6-31-3/h4-5,8,11H,6-7,9-10H2,1-3H3,(H2,23,26)(H2,24,27). The monoisotopic (exact) mass is 444 g/mol. The molecule has 0 saturated heterocycles. The molecule has 10 nitrogen and oxygen atoms in total. The number of guanidine groups is 1. The number of amides is 1. The summed E-state index contributed by atoms with van der Waals surface area (Å²) >= 11 is 0. The van der Waals surface area contributed by atoms with Crippen LogP contribution < -0.4 is 16.2 Å². The Labute approximate surface area is 184 Å². The molecule has 1 aromatic heterocycles. The van der Waals surface area contributed by atoms with Gasteiger partial charge in [-0.2, -0.15) is 4.98 Å². The Balaban J connectivity index is 1.82. The minimum atomic E-state index is -1.18. The largest absolute Gasteiger partial charge is 0.474 e. The first-order valence-electron chi connectivity index (χ1n) is 9.83. The summed E-state index contributed by atoms with van der Waals surface area (Å²) in [6, 6.07) is 4.23. The first kappa shape index (κ1) is 23.1. The number of hydrogen-bond acceptors (Lipinski definition) is 9. The smallest absolute Gasteiger partial charge is 0.234 e. The quantitative estimate of drug-likeness (QED) is 0.454. The van der Waals surface area contributed by atoms with Gasteiger partial charge in [0.15, 0.2) is 17.6 Å². The third kappa shape index (κ3) is 4.83. The van der Waals surface area contributed by atoms with Crippen molar-refractivity contribution in [3.8, 4) is 5.88 Å². The number of methoxy groups -OCH3 is 1. The fraction of sp³-hybridized carbons (Fsp3) is 0.381. The second-order valence-corrected chi connectivity index (χ2v) is 7.57. The molecular weight excluding hydrogens is 419 g/mol. The highest BCUT2D eigenvalue weighted by molar-refractivity contribution is 6.00. The van der Waals surface area contributed by atoms with Crippen molar-refractivity contribution in [2.45, 2.75) is 25.3 Å². The molecule has 170 valence electrons. The van der Waals surface area contributed by atoms with E-state index in [1.54, 1.807) is 6.92 Å². The van der Waals surface area contributed by atoms with Gasteiger partial charge >= 0.3 is 0 Å². The van der Waals surface area contributed by atoms with Crippen LogP contribution in [0, 0.1) is 5.82 Å². The number of rotatable bonds is 8. The number of aromatic nitrogens is 2. The van der Waals surface area contributed by atoms with Crippen molar-refractivity contribution >= 4 is 23.5 Å². The van der Waals surface area contributed by atoms with Gasteiger partial charge in [0.1, 0.15) is 18.1 Å². The van der Waals surface area contributed by atoms with E-state index in [0.29, 0.717) is 12.2 Å². The van der Waals surface area contributed by atoms with E-state index in [1.165, 1.54) is 43.5 Å². The Morgan fingerprint density at radius 2 is 2.06 bits per heavy atom. The van der Waals surface area contributed by atoms with E-state index < -0.39 is 17.1 Å². The summed E-state index contributed by atoms with van der Waals surface area (Å²) in [4.78, 5) is 38.6. The van der Waals surface area contributed by atoms with Crippen LogP contribution in [0.15, 0.2) is 29.4 Å².